The SMILES string of the molecule is CCCC[C@@H](CC)CNC(=O)C(=O)Nc1ccccc1C(=O)NCCc1ccccc1. The first kappa shape index (κ1) is 24.1. The fourth-order valence-electron chi connectivity index (χ4n) is 3.29. The van der Waals surface area contributed by atoms with Crippen LogP contribution in [0, 0.1) is 5.92 Å². The Morgan fingerprint density at radius 3 is 2.29 bits per heavy atom. The zero-order valence-corrected chi connectivity index (χ0v) is 18.4. The predicted molar refractivity (Wildman–Crippen MR) is 124 cm³/mol. The Hall–Kier alpha value is -3.15. The molecule has 3 N–H and O–H groups in total. The number of hydrogen-bond donors (Lipinski definition) is 3. The summed E-state index contributed by atoms with van der Waals surface area (Å²) in [7, 11) is 0. The van der Waals surface area contributed by atoms with E-state index in [-0.39, 0.29) is 5.91 Å². The summed E-state index contributed by atoms with van der Waals surface area (Å²) in [4.78, 5) is 37.2. The summed E-state index contributed by atoms with van der Waals surface area (Å²) < 4.78 is 0. The second-order valence-corrected chi connectivity index (χ2v) is 7.62. The molecular weight excluding hydrogens is 390 g/mol. The lowest BCUT2D eigenvalue weighted by Gasteiger charge is -2.15. The summed E-state index contributed by atoms with van der Waals surface area (Å²) in [6.07, 6.45) is 4.90. The van der Waals surface area contributed by atoms with Gasteiger partial charge in [0.05, 0.1) is 11.3 Å². The Kier molecular flexibility index (Phi) is 10.3. The second-order valence-electron chi connectivity index (χ2n) is 7.62. The lowest BCUT2D eigenvalue weighted by molar-refractivity contribution is -0.136. The minimum absolute atomic E-state index is 0.294. The smallest absolute Gasteiger partial charge is 0.313 e. The predicted octanol–water partition coefficient (Wildman–Crippen LogP) is 3.93. The van der Waals surface area contributed by atoms with E-state index in [2.05, 4.69) is 29.8 Å². The number of rotatable bonds is 11. The van der Waals surface area contributed by atoms with Crippen molar-refractivity contribution in [3.05, 3.63) is 65.7 Å². The number of amides is 3. The number of anilines is 1. The van der Waals surface area contributed by atoms with Crippen molar-refractivity contribution in [2.75, 3.05) is 18.4 Å². The summed E-state index contributed by atoms with van der Waals surface area (Å²) >= 11 is 0. The van der Waals surface area contributed by atoms with Gasteiger partial charge in [0, 0.05) is 13.1 Å². The van der Waals surface area contributed by atoms with Crippen LogP contribution in [0.1, 0.15) is 55.5 Å². The molecule has 2 aromatic carbocycles. The van der Waals surface area contributed by atoms with Crippen LogP contribution in [0.15, 0.2) is 54.6 Å². The zero-order chi connectivity index (χ0) is 22.5. The summed E-state index contributed by atoms with van der Waals surface area (Å²) in [6, 6.07) is 16.6. The Balaban J connectivity index is 1.89. The summed E-state index contributed by atoms with van der Waals surface area (Å²) in [5, 5.41) is 8.15. The summed E-state index contributed by atoms with van der Waals surface area (Å²) in [5.74, 6) is -1.39. The quantitative estimate of drug-likeness (QED) is 0.479. The standard InChI is InChI=1S/C25H33N3O3/c1-3-5-11-19(4-2)18-27-24(30)25(31)28-22-15-10-9-14-21(22)23(29)26-17-16-20-12-7-6-8-13-20/h6-10,12-15,19H,3-5,11,16-18H2,1-2H3,(H,26,29)(H,27,30)(H,28,31)/t19-/m1/s1. The average molecular weight is 424 g/mol. The molecule has 0 aliphatic heterocycles. The first-order chi connectivity index (χ1) is 15.0. The molecular formula is C25H33N3O3. The van der Waals surface area contributed by atoms with Crippen molar-refractivity contribution in [1.29, 1.82) is 0 Å². The third-order valence-electron chi connectivity index (χ3n) is 5.26. The van der Waals surface area contributed by atoms with Crippen LogP contribution >= 0.6 is 0 Å². The van der Waals surface area contributed by atoms with Gasteiger partial charge in [-0.25, -0.2) is 0 Å². The van der Waals surface area contributed by atoms with Crippen molar-refractivity contribution in [2.24, 2.45) is 5.92 Å². The van der Waals surface area contributed by atoms with Crippen LogP contribution in [0.25, 0.3) is 0 Å². The number of hydrogen-bond acceptors (Lipinski definition) is 3. The number of benzene rings is 2. The van der Waals surface area contributed by atoms with E-state index in [4.69, 9.17) is 0 Å². The van der Waals surface area contributed by atoms with Crippen LogP contribution in [0.2, 0.25) is 0 Å². The van der Waals surface area contributed by atoms with Gasteiger partial charge in [-0.15, -0.1) is 0 Å². The molecule has 2 aromatic rings. The van der Waals surface area contributed by atoms with E-state index < -0.39 is 11.8 Å². The first-order valence-corrected chi connectivity index (χ1v) is 11.1. The number of carbonyl (C=O) groups excluding carboxylic acids is 3. The molecule has 166 valence electrons. The minimum atomic E-state index is -0.769. The Labute approximate surface area is 184 Å². The van der Waals surface area contributed by atoms with E-state index in [1.54, 1.807) is 24.3 Å². The molecule has 0 aliphatic rings. The lowest BCUT2D eigenvalue weighted by atomic mass is 9.99. The monoisotopic (exact) mass is 423 g/mol. The van der Waals surface area contributed by atoms with Gasteiger partial charge in [0.2, 0.25) is 0 Å². The normalized spacial score (nSPS) is 11.4. The molecule has 0 radical (unpaired) electrons. The highest BCUT2D eigenvalue weighted by atomic mass is 16.2. The Morgan fingerprint density at radius 1 is 0.871 bits per heavy atom. The zero-order valence-electron chi connectivity index (χ0n) is 18.4. The van der Waals surface area contributed by atoms with Crippen LogP contribution < -0.4 is 16.0 Å². The van der Waals surface area contributed by atoms with Gasteiger partial charge in [0.15, 0.2) is 0 Å². The highest BCUT2D eigenvalue weighted by Crippen LogP contribution is 2.15. The Morgan fingerprint density at radius 2 is 1.58 bits per heavy atom. The molecule has 0 bridgehead atoms. The van der Waals surface area contributed by atoms with E-state index in [0.717, 1.165) is 31.2 Å². The molecule has 0 unspecified atom stereocenters. The molecule has 0 aliphatic carbocycles. The number of nitrogens with one attached hydrogen (secondary N) is 3. The largest absolute Gasteiger partial charge is 0.352 e. The molecule has 0 spiro atoms. The minimum Gasteiger partial charge on any atom is -0.352 e. The fourth-order valence-corrected chi connectivity index (χ4v) is 3.29. The van der Waals surface area contributed by atoms with Crippen molar-refractivity contribution in [3.8, 4) is 0 Å². The summed E-state index contributed by atoms with van der Waals surface area (Å²) in [6.45, 7) is 5.17. The number of carbonyl (C=O) groups is 3. The van der Waals surface area contributed by atoms with E-state index >= 15 is 0 Å². The molecule has 6 heteroatoms. The maximum absolute atomic E-state index is 12.6. The van der Waals surface area contributed by atoms with Crippen LogP contribution in [0.3, 0.4) is 0 Å². The topological polar surface area (TPSA) is 87.3 Å². The fraction of sp³-hybridized carbons (Fsp3) is 0.400. The van der Waals surface area contributed by atoms with E-state index in [1.165, 1.54) is 0 Å². The van der Waals surface area contributed by atoms with Gasteiger partial charge >= 0.3 is 11.8 Å². The first-order valence-electron chi connectivity index (χ1n) is 11.1. The molecule has 6 nitrogen and oxygen atoms in total. The maximum atomic E-state index is 12.6. The van der Waals surface area contributed by atoms with Gasteiger partial charge in [0.1, 0.15) is 0 Å². The van der Waals surface area contributed by atoms with Gasteiger partial charge in [-0.3, -0.25) is 14.4 Å². The Bertz CT molecular complexity index is 852. The molecule has 0 saturated carbocycles. The second kappa shape index (κ2) is 13.2. The highest BCUT2D eigenvalue weighted by Gasteiger charge is 2.18. The van der Waals surface area contributed by atoms with E-state index in [0.29, 0.717) is 36.7 Å². The van der Waals surface area contributed by atoms with Crippen LogP contribution in [-0.2, 0) is 16.0 Å². The number of unbranched alkanes of at least 4 members (excludes halogenated alkanes) is 1. The van der Waals surface area contributed by atoms with Crippen molar-refractivity contribution in [3.63, 3.8) is 0 Å². The molecule has 0 heterocycles. The third-order valence-corrected chi connectivity index (χ3v) is 5.26. The van der Waals surface area contributed by atoms with Crippen molar-refractivity contribution in [1.82, 2.24) is 10.6 Å². The van der Waals surface area contributed by atoms with Crippen LogP contribution in [-0.4, -0.2) is 30.8 Å². The maximum Gasteiger partial charge on any atom is 0.313 e. The van der Waals surface area contributed by atoms with Crippen LogP contribution in [0.5, 0.6) is 0 Å². The van der Waals surface area contributed by atoms with Crippen molar-refractivity contribution in [2.45, 2.75) is 46.0 Å². The van der Waals surface area contributed by atoms with E-state index in [1.807, 2.05) is 30.3 Å². The highest BCUT2D eigenvalue weighted by molar-refractivity contribution is 6.40. The number of para-hydroxylation sites is 1. The van der Waals surface area contributed by atoms with Gasteiger partial charge in [-0.2, -0.15) is 0 Å². The van der Waals surface area contributed by atoms with Gasteiger partial charge in [0.25, 0.3) is 5.91 Å². The summed E-state index contributed by atoms with van der Waals surface area (Å²) in [5.41, 5.74) is 1.77. The molecule has 1 atom stereocenters. The average Bonchev–Trinajstić information content (AvgIpc) is 2.80. The van der Waals surface area contributed by atoms with Crippen molar-refractivity contribution < 1.29 is 14.4 Å². The molecule has 3 amide bonds. The molecule has 31 heavy (non-hydrogen) atoms. The molecule has 0 fully saturated rings. The van der Waals surface area contributed by atoms with E-state index in [9.17, 15) is 14.4 Å². The molecule has 0 aromatic heterocycles. The lowest BCUT2D eigenvalue weighted by Crippen LogP contribution is -2.38. The molecule has 0 saturated heterocycles. The van der Waals surface area contributed by atoms with Crippen LogP contribution in [0.4, 0.5) is 5.69 Å². The molecule has 2 rings (SSSR count). The third kappa shape index (κ3) is 8.24. The van der Waals surface area contributed by atoms with Crippen molar-refractivity contribution >= 4 is 23.4 Å². The van der Waals surface area contributed by atoms with Gasteiger partial charge in [-0.1, -0.05) is 75.6 Å². The van der Waals surface area contributed by atoms with Gasteiger partial charge < -0.3 is 16.0 Å². The van der Waals surface area contributed by atoms with Gasteiger partial charge in [-0.05, 0) is 36.5 Å².